The van der Waals surface area contributed by atoms with Crippen LogP contribution in [0.2, 0.25) is 5.28 Å². The van der Waals surface area contributed by atoms with E-state index in [1.165, 1.54) is 11.3 Å². The Labute approximate surface area is 154 Å². The molecule has 2 aromatic heterocycles. The number of benzene rings is 2. The minimum absolute atomic E-state index is 0.236. The lowest BCUT2D eigenvalue weighted by atomic mass is 10.2. The second kappa shape index (κ2) is 7.09. The van der Waals surface area contributed by atoms with E-state index in [1.807, 2.05) is 66.0 Å². The monoisotopic (exact) mass is 367 g/mol. The maximum Gasteiger partial charge on any atom is 0.225 e. The van der Waals surface area contributed by atoms with Crippen LogP contribution < -0.4 is 10.1 Å². The number of nitrogens with one attached hydrogen (secondary N) is 1. The number of aromatic nitrogens is 2. The first-order valence-corrected chi connectivity index (χ1v) is 8.98. The largest absolute Gasteiger partial charge is 0.489 e. The summed E-state index contributed by atoms with van der Waals surface area (Å²) in [6.07, 6.45) is 0. The Balaban J connectivity index is 1.47. The normalized spacial score (nSPS) is 10.8. The molecule has 25 heavy (non-hydrogen) atoms. The van der Waals surface area contributed by atoms with Crippen molar-refractivity contribution < 1.29 is 4.74 Å². The fraction of sp³-hybridized carbons (Fsp3) is 0.0526. The molecule has 1 N–H and O–H groups in total. The zero-order valence-electron chi connectivity index (χ0n) is 13.1. The van der Waals surface area contributed by atoms with E-state index in [-0.39, 0.29) is 5.28 Å². The molecule has 4 rings (SSSR count). The van der Waals surface area contributed by atoms with Crippen LogP contribution in [0.25, 0.3) is 10.2 Å². The van der Waals surface area contributed by atoms with Gasteiger partial charge in [-0.2, -0.15) is 4.98 Å². The van der Waals surface area contributed by atoms with Crippen molar-refractivity contribution in [2.24, 2.45) is 0 Å². The van der Waals surface area contributed by atoms with Crippen LogP contribution in [-0.4, -0.2) is 9.97 Å². The molecule has 0 spiro atoms. The summed E-state index contributed by atoms with van der Waals surface area (Å²) in [4.78, 5) is 9.37. The van der Waals surface area contributed by atoms with Gasteiger partial charge < -0.3 is 10.1 Å². The van der Waals surface area contributed by atoms with Crippen molar-refractivity contribution in [3.05, 3.63) is 76.9 Å². The molecule has 0 aliphatic rings. The zero-order chi connectivity index (χ0) is 17.1. The maximum atomic E-state index is 6.00. The molecule has 0 saturated carbocycles. The van der Waals surface area contributed by atoms with Crippen LogP contribution in [-0.2, 0) is 6.61 Å². The molecule has 0 radical (unpaired) electrons. The highest BCUT2D eigenvalue weighted by molar-refractivity contribution is 7.16. The van der Waals surface area contributed by atoms with Gasteiger partial charge in [-0.1, -0.05) is 30.3 Å². The Morgan fingerprint density at radius 2 is 1.76 bits per heavy atom. The fourth-order valence-corrected chi connectivity index (χ4v) is 3.42. The van der Waals surface area contributed by atoms with Crippen molar-refractivity contribution in [3.8, 4) is 5.75 Å². The summed E-state index contributed by atoms with van der Waals surface area (Å²) < 4.78 is 5.80. The molecule has 0 atom stereocenters. The highest BCUT2D eigenvalue weighted by Crippen LogP contribution is 2.29. The van der Waals surface area contributed by atoms with E-state index in [0.717, 1.165) is 27.2 Å². The predicted molar refractivity (Wildman–Crippen MR) is 103 cm³/mol. The summed E-state index contributed by atoms with van der Waals surface area (Å²) >= 11 is 7.53. The number of fused-ring (bicyclic) bond motifs is 1. The Morgan fingerprint density at radius 3 is 2.56 bits per heavy atom. The smallest absolute Gasteiger partial charge is 0.225 e. The third-order valence-electron chi connectivity index (χ3n) is 3.66. The minimum atomic E-state index is 0.236. The van der Waals surface area contributed by atoms with Crippen molar-refractivity contribution >= 4 is 44.7 Å². The number of anilines is 2. The Kier molecular flexibility index (Phi) is 4.50. The standard InChI is InChI=1S/C19H14ClN3OS/c20-19-22-17(16-10-11-25-18(16)23-19)21-14-6-8-15(9-7-14)24-12-13-4-2-1-3-5-13/h1-11H,12H2,(H,21,22,23). The molecule has 2 aromatic carbocycles. The number of thiophene rings is 1. The molecule has 0 unspecified atom stereocenters. The molecule has 6 heteroatoms. The number of hydrogen-bond donors (Lipinski definition) is 1. The third kappa shape index (κ3) is 3.73. The third-order valence-corrected chi connectivity index (χ3v) is 4.64. The van der Waals surface area contributed by atoms with Crippen molar-refractivity contribution in [1.82, 2.24) is 9.97 Å². The van der Waals surface area contributed by atoms with Gasteiger partial charge >= 0.3 is 0 Å². The fourth-order valence-electron chi connectivity index (χ4n) is 2.44. The summed E-state index contributed by atoms with van der Waals surface area (Å²) in [5.74, 6) is 1.52. The van der Waals surface area contributed by atoms with Crippen molar-refractivity contribution in [2.75, 3.05) is 5.32 Å². The van der Waals surface area contributed by atoms with Gasteiger partial charge in [0.1, 0.15) is 23.0 Å². The van der Waals surface area contributed by atoms with E-state index >= 15 is 0 Å². The zero-order valence-corrected chi connectivity index (χ0v) is 14.7. The van der Waals surface area contributed by atoms with Gasteiger partial charge in [-0.05, 0) is 52.9 Å². The van der Waals surface area contributed by atoms with Crippen LogP contribution in [0.1, 0.15) is 5.56 Å². The van der Waals surface area contributed by atoms with Crippen LogP contribution in [0.5, 0.6) is 5.75 Å². The van der Waals surface area contributed by atoms with Crippen LogP contribution in [0.15, 0.2) is 66.0 Å². The number of rotatable bonds is 5. The van der Waals surface area contributed by atoms with Gasteiger partial charge in [0, 0.05) is 5.69 Å². The highest BCUT2D eigenvalue weighted by Gasteiger charge is 2.08. The average Bonchev–Trinajstić information content (AvgIpc) is 3.10. The molecule has 0 amide bonds. The summed E-state index contributed by atoms with van der Waals surface area (Å²) in [5.41, 5.74) is 2.05. The second-order valence-electron chi connectivity index (χ2n) is 5.40. The van der Waals surface area contributed by atoms with E-state index in [4.69, 9.17) is 16.3 Å². The first-order valence-electron chi connectivity index (χ1n) is 7.72. The molecule has 0 bridgehead atoms. The number of ether oxygens (including phenoxy) is 1. The van der Waals surface area contributed by atoms with Gasteiger partial charge in [-0.3, -0.25) is 0 Å². The van der Waals surface area contributed by atoms with Crippen molar-refractivity contribution in [3.63, 3.8) is 0 Å². The van der Waals surface area contributed by atoms with E-state index in [0.29, 0.717) is 12.4 Å². The summed E-state index contributed by atoms with van der Waals surface area (Å²) in [6.45, 7) is 0.546. The van der Waals surface area contributed by atoms with Gasteiger partial charge in [0.15, 0.2) is 0 Å². The minimum Gasteiger partial charge on any atom is -0.489 e. The average molecular weight is 368 g/mol. The molecule has 4 aromatic rings. The lowest BCUT2D eigenvalue weighted by Gasteiger charge is -2.09. The van der Waals surface area contributed by atoms with Crippen LogP contribution in [0.4, 0.5) is 11.5 Å². The Morgan fingerprint density at radius 1 is 0.960 bits per heavy atom. The molecule has 0 saturated heterocycles. The van der Waals surface area contributed by atoms with Gasteiger partial charge in [0.2, 0.25) is 5.28 Å². The quantitative estimate of drug-likeness (QED) is 0.462. The number of nitrogens with zero attached hydrogens (tertiary/aromatic N) is 2. The van der Waals surface area contributed by atoms with E-state index in [9.17, 15) is 0 Å². The SMILES string of the molecule is Clc1nc(Nc2ccc(OCc3ccccc3)cc2)c2ccsc2n1. The molecular formula is C19H14ClN3OS. The molecule has 2 heterocycles. The molecule has 0 fully saturated rings. The van der Waals surface area contributed by atoms with Gasteiger partial charge in [-0.15, -0.1) is 11.3 Å². The summed E-state index contributed by atoms with van der Waals surface area (Å²) in [6, 6.07) is 19.8. The maximum absolute atomic E-state index is 6.00. The Bertz CT molecular complexity index is 987. The number of hydrogen-bond acceptors (Lipinski definition) is 5. The highest BCUT2D eigenvalue weighted by atomic mass is 35.5. The van der Waals surface area contributed by atoms with E-state index in [1.54, 1.807) is 0 Å². The second-order valence-corrected chi connectivity index (χ2v) is 6.64. The van der Waals surface area contributed by atoms with Crippen LogP contribution in [0, 0.1) is 0 Å². The molecule has 0 aliphatic carbocycles. The van der Waals surface area contributed by atoms with Crippen molar-refractivity contribution in [2.45, 2.75) is 6.61 Å². The first kappa shape index (κ1) is 15.9. The molecule has 124 valence electrons. The Hall–Kier alpha value is -2.63. The van der Waals surface area contributed by atoms with Gasteiger partial charge in [-0.25, -0.2) is 4.98 Å². The predicted octanol–water partition coefficient (Wildman–Crippen LogP) is 5.67. The van der Waals surface area contributed by atoms with Gasteiger partial charge in [0.25, 0.3) is 0 Å². The van der Waals surface area contributed by atoms with Crippen molar-refractivity contribution in [1.29, 1.82) is 0 Å². The molecule has 4 nitrogen and oxygen atoms in total. The van der Waals surface area contributed by atoms with E-state index < -0.39 is 0 Å². The van der Waals surface area contributed by atoms with E-state index in [2.05, 4.69) is 15.3 Å². The lowest BCUT2D eigenvalue weighted by Crippen LogP contribution is -1.97. The van der Waals surface area contributed by atoms with Gasteiger partial charge in [0.05, 0.1) is 5.39 Å². The lowest BCUT2D eigenvalue weighted by molar-refractivity contribution is 0.306. The number of halogens is 1. The van der Waals surface area contributed by atoms with Crippen LogP contribution in [0.3, 0.4) is 0 Å². The topological polar surface area (TPSA) is 47.0 Å². The summed E-state index contributed by atoms with van der Waals surface area (Å²) in [7, 11) is 0. The molecular weight excluding hydrogens is 354 g/mol. The first-order chi connectivity index (χ1) is 12.3. The van der Waals surface area contributed by atoms with Crippen LogP contribution >= 0.6 is 22.9 Å². The molecule has 0 aliphatic heterocycles. The summed E-state index contributed by atoms with van der Waals surface area (Å²) in [5, 5.41) is 6.46.